The lowest BCUT2D eigenvalue weighted by Crippen LogP contribution is -2.06. The summed E-state index contributed by atoms with van der Waals surface area (Å²) in [6.07, 6.45) is 0. The molecule has 0 saturated heterocycles. The third-order valence-electron chi connectivity index (χ3n) is 1.70. The molecule has 5 heteroatoms. The minimum atomic E-state index is -1.10. The molecule has 0 bridgehead atoms. The van der Waals surface area contributed by atoms with Crippen LogP contribution in [0, 0.1) is 11.6 Å². The summed E-state index contributed by atoms with van der Waals surface area (Å²) in [5, 5.41) is 0. The Morgan fingerprint density at radius 1 is 1.43 bits per heavy atom. The van der Waals surface area contributed by atoms with Gasteiger partial charge in [-0.1, -0.05) is 0 Å². The molecule has 0 radical (unpaired) electrons. The average molecular weight is 221 g/mol. The first kappa shape index (κ1) is 10.9. The van der Waals surface area contributed by atoms with Gasteiger partial charge in [-0.15, -0.1) is 11.6 Å². The van der Waals surface area contributed by atoms with Crippen molar-refractivity contribution in [2.24, 2.45) is 0 Å². The Bertz CT molecular complexity index is 366. The van der Waals surface area contributed by atoms with Gasteiger partial charge in [-0.05, 0) is 17.7 Å². The van der Waals surface area contributed by atoms with E-state index in [-0.39, 0.29) is 17.0 Å². The van der Waals surface area contributed by atoms with Crippen LogP contribution in [-0.2, 0) is 10.6 Å². The van der Waals surface area contributed by atoms with E-state index in [0.717, 1.165) is 19.2 Å². The topological polar surface area (TPSA) is 26.3 Å². The van der Waals surface area contributed by atoms with Gasteiger partial charge >= 0.3 is 5.97 Å². The third kappa shape index (κ3) is 2.01. The van der Waals surface area contributed by atoms with E-state index in [2.05, 4.69) is 4.74 Å². The molecule has 0 atom stereocenters. The highest BCUT2D eigenvalue weighted by Gasteiger charge is 2.15. The third-order valence-corrected chi connectivity index (χ3v) is 1.98. The summed E-state index contributed by atoms with van der Waals surface area (Å²) in [4.78, 5) is 11.1. The van der Waals surface area contributed by atoms with E-state index in [9.17, 15) is 13.6 Å². The van der Waals surface area contributed by atoms with Crippen molar-refractivity contribution in [3.8, 4) is 0 Å². The second-order valence-electron chi connectivity index (χ2n) is 2.55. The van der Waals surface area contributed by atoms with Crippen LogP contribution in [0.1, 0.15) is 15.9 Å². The zero-order chi connectivity index (χ0) is 10.7. The molecule has 76 valence electrons. The molecular formula is C9H7ClF2O2. The smallest absolute Gasteiger partial charge is 0.338 e. The molecule has 0 N–H and O–H groups in total. The van der Waals surface area contributed by atoms with Crippen LogP contribution in [0.4, 0.5) is 8.78 Å². The van der Waals surface area contributed by atoms with Crippen molar-refractivity contribution in [1.82, 2.24) is 0 Å². The Balaban J connectivity index is 3.27. The van der Waals surface area contributed by atoms with Gasteiger partial charge in [0, 0.05) is 5.88 Å². The maximum absolute atomic E-state index is 12.8. The van der Waals surface area contributed by atoms with Crippen LogP contribution >= 0.6 is 11.6 Å². The summed E-state index contributed by atoms with van der Waals surface area (Å²) < 4.78 is 29.9. The lowest BCUT2D eigenvalue weighted by Gasteiger charge is -2.05. The van der Waals surface area contributed by atoms with E-state index in [0.29, 0.717) is 0 Å². The van der Waals surface area contributed by atoms with Crippen LogP contribution in [0.15, 0.2) is 12.1 Å². The first-order chi connectivity index (χ1) is 6.60. The van der Waals surface area contributed by atoms with Gasteiger partial charge in [0.1, 0.15) is 0 Å². The molecular weight excluding hydrogens is 214 g/mol. The minimum Gasteiger partial charge on any atom is -0.465 e. The average Bonchev–Trinajstić information content (AvgIpc) is 2.20. The highest BCUT2D eigenvalue weighted by molar-refractivity contribution is 6.17. The van der Waals surface area contributed by atoms with Gasteiger partial charge in [0.15, 0.2) is 11.6 Å². The Kier molecular flexibility index (Phi) is 3.41. The van der Waals surface area contributed by atoms with Crippen molar-refractivity contribution in [1.29, 1.82) is 0 Å². The van der Waals surface area contributed by atoms with Crippen LogP contribution in [0.3, 0.4) is 0 Å². The molecule has 0 aliphatic heterocycles. The van der Waals surface area contributed by atoms with E-state index in [1.807, 2.05) is 0 Å². The number of carbonyl (C=O) groups is 1. The van der Waals surface area contributed by atoms with Crippen molar-refractivity contribution >= 4 is 17.6 Å². The van der Waals surface area contributed by atoms with Gasteiger partial charge in [-0.3, -0.25) is 0 Å². The predicted octanol–water partition coefficient (Wildman–Crippen LogP) is 2.49. The van der Waals surface area contributed by atoms with E-state index < -0.39 is 17.6 Å². The molecule has 0 spiro atoms. The summed E-state index contributed by atoms with van der Waals surface area (Å²) >= 11 is 5.46. The Labute approximate surface area is 84.4 Å². The second kappa shape index (κ2) is 4.37. The van der Waals surface area contributed by atoms with E-state index in [1.165, 1.54) is 0 Å². The molecule has 14 heavy (non-hydrogen) atoms. The summed E-state index contributed by atoms with van der Waals surface area (Å²) in [6.45, 7) is 0. The molecule has 0 amide bonds. The van der Waals surface area contributed by atoms with Gasteiger partial charge in [0.05, 0.1) is 12.7 Å². The van der Waals surface area contributed by atoms with Crippen molar-refractivity contribution < 1.29 is 18.3 Å². The van der Waals surface area contributed by atoms with Gasteiger partial charge in [0.2, 0.25) is 0 Å². The number of halogens is 3. The van der Waals surface area contributed by atoms with E-state index >= 15 is 0 Å². The molecule has 1 aromatic carbocycles. The Morgan fingerprint density at radius 3 is 2.50 bits per heavy atom. The molecule has 0 aromatic heterocycles. The number of carbonyl (C=O) groups excluding carboxylic acids is 1. The Morgan fingerprint density at radius 2 is 2.00 bits per heavy atom. The first-order valence-corrected chi connectivity index (χ1v) is 4.25. The minimum absolute atomic E-state index is 0.0543. The van der Waals surface area contributed by atoms with Crippen LogP contribution < -0.4 is 0 Å². The lowest BCUT2D eigenvalue weighted by atomic mass is 10.1. The van der Waals surface area contributed by atoms with Crippen LogP contribution in [0.25, 0.3) is 0 Å². The van der Waals surface area contributed by atoms with Crippen LogP contribution in [0.2, 0.25) is 0 Å². The van der Waals surface area contributed by atoms with Crippen molar-refractivity contribution in [3.63, 3.8) is 0 Å². The maximum atomic E-state index is 12.8. The summed E-state index contributed by atoms with van der Waals surface area (Å²) in [7, 11) is 1.15. The molecule has 0 fully saturated rings. The number of ether oxygens (including phenoxy) is 1. The zero-order valence-electron chi connectivity index (χ0n) is 7.31. The summed E-state index contributed by atoms with van der Waals surface area (Å²) in [5.41, 5.74) is 0.152. The molecule has 1 aromatic rings. The fourth-order valence-electron chi connectivity index (χ4n) is 0.999. The molecule has 0 heterocycles. The van der Waals surface area contributed by atoms with E-state index in [4.69, 9.17) is 11.6 Å². The van der Waals surface area contributed by atoms with Crippen LogP contribution in [-0.4, -0.2) is 13.1 Å². The molecule has 1 rings (SSSR count). The Hall–Kier alpha value is -1.16. The van der Waals surface area contributed by atoms with Crippen molar-refractivity contribution in [3.05, 3.63) is 34.9 Å². The maximum Gasteiger partial charge on any atom is 0.338 e. The first-order valence-electron chi connectivity index (χ1n) is 3.72. The quantitative estimate of drug-likeness (QED) is 0.565. The molecule has 2 nitrogen and oxygen atoms in total. The molecule has 0 saturated carbocycles. The molecule has 0 aliphatic carbocycles. The number of esters is 1. The summed E-state index contributed by atoms with van der Waals surface area (Å²) in [6, 6.07) is 1.66. The van der Waals surface area contributed by atoms with Crippen molar-refractivity contribution in [2.75, 3.05) is 7.11 Å². The number of rotatable bonds is 2. The number of benzene rings is 1. The lowest BCUT2D eigenvalue weighted by molar-refractivity contribution is 0.0599. The fraction of sp³-hybridized carbons (Fsp3) is 0.222. The van der Waals surface area contributed by atoms with Crippen LogP contribution in [0.5, 0.6) is 0 Å². The number of methoxy groups -OCH3 is 1. The highest BCUT2D eigenvalue weighted by atomic mass is 35.5. The monoisotopic (exact) mass is 220 g/mol. The number of hydrogen-bond acceptors (Lipinski definition) is 2. The number of hydrogen-bond donors (Lipinski definition) is 0. The number of alkyl halides is 1. The van der Waals surface area contributed by atoms with Gasteiger partial charge in [-0.25, -0.2) is 13.6 Å². The normalized spacial score (nSPS) is 10.0. The SMILES string of the molecule is COC(=O)c1cc(F)c(F)cc1CCl. The van der Waals surface area contributed by atoms with E-state index in [1.54, 1.807) is 0 Å². The predicted molar refractivity (Wildman–Crippen MR) is 47.3 cm³/mol. The highest BCUT2D eigenvalue weighted by Crippen LogP contribution is 2.17. The second-order valence-corrected chi connectivity index (χ2v) is 2.82. The summed E-state index contributed by atoms with van der Waals surface area (Å²) in [5.74, 6) is -2.95. The standard InChI is InChI=1S/C9H7ClF2O2/c1-14-9(13)6-3-8(12)7(11)2-5(6)4-10/h2-3H,4H2,1H3. The van der Waals surface area contributed by atoms with Crippen molar-refractivity contribution in [2.45, 2.75) is 5.88 Å². The van der Waals surface area contributed by atoms with Gasteiger partial charge < -0.3 is 4.74 Å². The largest absolute Gasteiger partial charge is 0.465 e. The molecule has 0 aliphatic rings. The fourth-order valence-corrected chi connectivity index (χ4v) is 1.22. The molecule has 0 unspecified atom stereocenters. The zero-order valence-corrected chi connectivity index (χ0v) is 8.07. The van der Waals surface area contributed by atoms with Gasteiger partial charge in [-0.2, -0.15) is 0 Å². The van der Waals surface area contributed by atoms with Gasteiger partial charge in [0.25, 0.3) is 0 Å².